The second-order valence-electron chi connectivity index (χ2n) is 7.96. The molecule has 2 heterocycles. The molecule has 35 heavy (non-hydrogen) atoms. The molecule has 2 aromatic carbocycles. The van der Waals surface area contributed by atoms with Crippen LogP contribution < -0.4 is 19.5 Å². The fraction of sp³-hybridized carbons (Fsp3) is 0.200. The topological polar surface area (TPSA) is 98.3 Å². The standard InChI is InChI=1S/C25H23ClN2O5S2/c1-32-7-8-33-20-12-19-6-3-16(10-22(19)27-14-20)11-23-25(29)28-24(34-23)13-18-5-4-17(9-21(18)26)15-35(2,30)31/h3-6,9-14H,7-8,15H2,1-2H3,(H,28,29). The van der Waals surface area contributed by atoms with Crippen molar-refractivity contribution >= 4 is 55.8 Å². The zero-order chi connectivity index (χ0) is 25.0. The summed E-state index contributed by atoms with van der Waals surface area (Å²) < 4.78 is 34.8. The minimum absolute atomic E-state index is 0.0787. The lowest BCUT2D eigenvalue weighted by Crippen LogP contribution is -2.19. The fourth-order valence-electron chi connectivity index (χ4n) is 3.43. The molecule has 0 bridgehead atoms. The van der Waals surface area contributed by atoms with Gasteiger partial charge in [0.15, 0.2) is 9.84 Å². The molecule has 2 aromatic heterocycles. The van der Waals surface area contributed by atoms with Crippen LogP contribution in [0.4, 0.5) is 0 Å². The molecule has 1 N–H and O–H groups in total. The number of fused-ring (bicyclic) bond motifs is 1. The van der Waals surface area contributed by atoms with Crippen molar-refractivity contribution in [3.63, 3.8) is 0 Å². The first kappa shape index (κ1) is 25.1. The van der Waals surface area contributed by atoms with E-state index >= 15 is 0 Å². The van der Waals surface area contributed by atoms with Crippen molar-refractivity contribution in [1.29, 1.82) is 0 Å². The second-order valence-corrected chi connectivity index (χ2v) is 11.6. The predicted octanol–water partition coefficient (Wildman–Crippen LogP) is 2.87. The highest BCUT2D eigenvalue weighted by atomic mass is 35.5. The van der Waals surface area contributed by atoms with E-state index in [1.807, 2.05) is 30.3 Å². The van der Waals surface area contributed by atoms with Gasteiger partial charge in [-0.05, 0) is 47.0 Å². The largest absolute Gasteiger partial charge is 0.490 e. The Morgan fingerprint density at radius 3 is 2.69 bits per heavy atom. The Morgan fingerprint density at radius 2 is 1.94 bits per heavy atom. The van der Waals surface area contributed by atoms with Gasteiger partial charge in [-0.2, -0.15) is 0 Å². The number of hydrogen-bond donors (Lipinski definition) is 1. The van der Waals surface area contributed by atoms with Crippen molar-refractivity contribution < 1.29 is 17.9 Å². The van der Waals surface area contributed by atoms with Gasteiger partial charge in [-0.1, -0.05) is 35.9 Å². The van der Waals surface area contributed by atoms with E-state index < -0.39 is 9.84 Å². The number of aromatic amines is 1. The molecule has 0 fully saturated rings. The summed E-state index contributed by atoms with van der Waals surface area (Å²) in [4.78, 5) is 19.8. The normalized spacial score (nSPS) is 13.0. The summed E-state index contributed by atoms with van der Waals surface area (Å²) >= 11 is 7.65. The van der Waals surface area contributed by atoms with Crippen molar-refractivity contribution in [3.8, 4) is 5.75 Å². The minimum atomic E-state index is -3.15. The Bertz CT molecular complexity index is 1660. The van der Waals surface area contributed by atoms with Crippen molar-refractivity contribution in [2.24, 2.45) is 0 Å². The van der Waals surface area contributed by atoms with Crippen LogP contribution in [0, 0.1) is 0 Å². The molecule has 0 aliphatic heterocycles. The highest BCUT2D eigenvalue weighted by molar-refractivity contribution is 7.89. The summed E-state index contributed by atoms with van der Waals surface area (Å²) in [5.74, 6) is 0.592. The van der Waals surface area contributed by atoms with Gasteiger partial charge in [0.2, 0.25) is 0 Å². The lowest BCUT2D eigenvalue weighted by molar-refractivity contribution is 0.146. The average Bonchev–Trinajstić information content (AvgIpc) is 3.13. The van der Waals surface area contributed by atoms with E-state index in [0.717, 1.165) is 16.5 Å². The average molecular weight is 531 g/mol. The van der Waals surface area contributed by atoms with Crippen LogP contribution in [0.1, 0.15) is 16.7 Å². The number of sulfone groups is 1. The summed E-state index contributed by atoms with van der Waals surface area (Å²) in [6.07, 6.45) is 6.42. The summed E-state index contributed by atoms with van der Waals surface area (Å²) in [6, 6.07) is 12.8. The number of benzene rings is 2. The summed E-state index contributed by atoms with van der Waals surface area (Å²) in [6.45, 7) is 0.952. The third-order valence-corrected chi connectivity index (χ3v) is 7.15. The van der Waals surface area contributed by atoms with Crippen LogP contribution in [0.25, 0.3) is 23.1 Å². The van der Waals surface area contributed by atoms with Gasteiger partial charge in [-0.25, -0.2) is 8.42 Å². The highest BCUT2D eigenvalue weighted by Gasteiger charge is 2.07. The molecule has 0 amide bonds. The number of pyridine rings is 1. The first-order valence-corrected chi connectivity index (χ1v) is 13.9. The zero-order valence-corrected chi connectivity index (χ0v) is 21.5. The molecule has 0 unspecified atom stereocenters. The number of methoxy groups -OCH3 is 1. The number of ether oxygens (including phenoxy) is 2. The van der Waals surface area contributed by atoms with Gasteiger partial charge in [0.25, 0.3) is 5.56 Å². The van der Waals surface area contributed by atoms with E-state index in [1.165, 1.54) is 17.6 Å². The molecular weight excluding hydrogens is 508 g/mol. The fourth-order valence-corrected chi connectivity index (χ4v) is 5.38. The third kappa shape index (κ3) is 6.79. The first-order valence-electron chi connectivity index (χ1n) is 10.6. The maximum atomic E-state index is 12.5. The molecule has 7 nitrogen and oxygen atoms in total. The first-order chi connectivity index (χ1) is 16.7. The van der Waals surface area contributed by atoms with Crippen LogP contribution in [0.5, 0.6) is 5.75 Å². The SMILES string of the molecule is COCCOc1cnc2cc(C=c3sc(=Cc4ccc(CS(C)(=O)=O)cc4Cl)[nH]c3=O)ccc2c1. The molecule has 182 valence electrons. The van der Waals surface area contributed by atoms with Crippen molar-refractivity contribution in [1.82, 2.24) is 9.97 Å². The van der Waals surface area contributed by atoms with Gasteiger partial charge in [0.05, 0.1) is 33.3 Å². The lowest BCUT2D eigenvalue weighted by atomic mass is 10.1. The molecule has 0 radical (unpaired) electrons. The Labute approximate surface area is 211 Å². The van der Waals surface area contributed by atoms with E-state index in [4.69, 9.17) is 21.1 Å². The zero-order valence-electron chi connectivity index (χ0n) is 19.1. The number of halogens is 1. The van der Waals surface area contributed by atoms with E-state index in [-0.39, 0.29) is 11.3 Å². The van der Waals surface area contributed by atoms with Crippen LogP contribution in [0.2, 0.25) is 5.02 Å². The quantitative estimate of drug-likeness (QED) is 0.352. The maximum absolute atomic E-state index is 12.5. The minimum Gasteiger partial charge on any atom is -0.490 e. The van der Waals surface area contributed by atoms with Crippen molar-refractivity contribution in [3.05, 3.63) is 89.9 Å². The van der Waals surface area contributed by atoms with Crippen molar-refractivity contribution in [2.75, 3.05) is 26.6 Å². The lowest BCUT2D eigenvalue weighted by Gasteiger charge is -2.06. The monoisotopic (exact) mass is 530 g/mol. The summed E-state index contributed by atoms with van der Waals surface area (Å²) in [7, 11) is -1.53. The van der Waals surface area contributed by atoms with Crippen molar-refractivity contribution in [2.45, 2.75) is 5.75 Å². The smallest absolute Gasteiger partial charge is 0.266 e. The van der Waals surface area contributed by atoms with Gasteiger partial charge in [-0.3, -0.25) is 9.78 Å². The van der Waals surface area contributed by atoms with Gasteiger partial charge >= 0.3 is 0 Å². The van der Waals surface area contributed by atoms with E-state index in [2.05, 4.69) is 9.97 Å². The molecule has 0 aliphatic rings. The Balaban J connectivity index is 1.61. The van der Waals surface area contributed by atoms with Gasteiger partial charge in [0.1, 0.15) is 12.4 Å². The number of H-pyrrole nitrogens is 1. The van der Waals surface area contributed by atoms with Crippen LogP contribution in [-0.4, -0.2) is 45.0 Å². The molecule has 4 aromatic rings. The van der Waals surface area contributed by atoms with Crippen LogP contribution >= 0.6 is 22.9 Å². The van der Waals surface area contributed by atoms with E-state index in [1.54, 1.807) is 37.6 Å². The molecule has 4 rings (SSSR count). The maximum Gasteiger partial charge on any atom is 0.266 e. The summed E-state index contributed by atoms with van der Waals surface area (Å²) in [5.41, 5.74) is 2.73. The van der Waals surface area contributed by atoms with E-state index in [0.29, 0.717) is 44.3 Å². The number of hydrogen-bond acceptors (Lipinski definition) is 7. The van der Waals surface area contributed by atoms with Gasteiger partial charge < -0.3 is 14.5 Å². The van der Waals surface area contributed by atoms with E-state index in [9.17, 15) is 13.2 Å². The number of nitrogens with zero attached hydrogens (tertiary/aromatic N) is 1. The summed E-state index contributed by atoms with van der Waals surface area (Å²) in [5, 5.41) is 1.34. The molecule has 0 saturated heterocycles. The Kier molecular flexibility index (Phi) is 7.71. The Hall–Kier alpha value is -2.98. The molecular formula is C25H23ClN2O5S2. The number of nitrogens with one attached hydrogen (secondary N) is 1. The van der Waals surface area contributed by atoms with Crippen LogP contribution in [0.3, 0.4) is 0 Å². The van der Waals surface area contributed by atoms with Crippen LogP contribution in [-0.2, 0) is 20.3 Å². The number of thiazole rings is 1. The molecule has 10 heteroatoms. The van der Waals surface area contributed by atoms with Crippen LogP contribution in [0.15, 0.2) is 53.5 Å². The molecule has 0 atom stereocenters. The highest BCUT2D eigenvalue weighted by Crippen LogP contribution is 2.21. The molecule has 0 saturated carbocycles. The number of rotatable bonds is 8. The predicted molar refractivity (Wildman–Crippen MR) is 140 cm³/mol. The van der Waals surface area contributed by atoms with Gasteiger partial charge in [0, 0.05) is 23.8 Å². The Morgan fingerprint density at radius 1 is 1.11 bits per heavy atom. The van der Waals surface area contributed by atoms with Gasteiger partial charge in [-0.15, -0.1) is 11.3 Å². The molecule has 0 aliphatic carbocycles. The second kappa shape index (κ2) is 10.7. The third-order valence-electron chi connectivity index (χ3n) is 5.00. The molecule has 0 spiro atoms. The number of aromatic nitrogens is 2.